The molecule has 2 aliphatic rings. The lowest BCUT2D eigenvalue weighted by Gasteiger charge is -2.36. The highest BCUT2D eigenvalue weighted by Gasteiger charge is 2.26. The number of hydrogen-bond donors (Lipinski definition) is 1. The van der Waals surface area contributed by atoms with Gasteiger partial charge in [0.1, 0.15) is 21.5 Å². The summed E-state index contributed by atoms with van der Waals surface area (Å²) in [4.78, 5) is 18.8. The van der Waals surface area contributed by atoms with E-state index in [1.54, 1.807) is 20.3 Å². The lowest BCUT2D eigenvalue weighted by Crippen LogP contribution is -2.48. The Morgan fingerprint density at radius 3 is 2.14 bits per heavy atom. The Kier molecular flexibility index (Phi) is 11.4. The van der Waals surface area contributed by atoms with Gasteiger partial charge in [-0.2, -0.15) is 0 Å². The summed E-state index contributed by atoms with van der Waals surface area (Å²) in [5.74, 6) is 1.63. The van der Waals surface area contributed by atoms with E-state index in [-0.39, 0.29) is 0 Å². The lowest BCUT2D eigenvalue weighted by atomic mass is 10.1. The molecule has 1 fully saturated rings. The third-order valence-electron chi connectivity index (χ3n) is 7.52. The van der Waals surface area contributed by atoms with Crippen LogP contribution in [0.4, 0.5) is 23.0 Å². The zero-order valence-corrected chi connectivity index (χ0v) is 27.1. The van der Waals surface area contributed by atoms with Crippen molar-refractivity contribution in [3.8, 4) is 11.5 Å². The number of piperazine rings is 1. The number of hydrogen-bond acceptors (Lipinski definition) is 9. The molecule has 2 aliphatic heterocycles. The summed E-state index contributed by atoms with van der Waals surface area (Å²) in [6.07, 6.45) is 2.61. The molecule has 0 aliphatic carbocycles. The Bertz CT molecular complexity index is 1290. The number of anilines is 4. The minimum Gasteiger partial charge on any atom is -0.495 e. The highest BCUT2D eigenvalue weighted by atomic mass is 35.5. The quantitative estimate of drug-likeness (QED) is 0.321. The molecule has 0 amide bonds. The van der Waals surface area contributed by atoms with E-state index in [0.29, 0.717) is 46.3 Å². The molecule has 3 heterocycles. The molecular weight excluding hydrogens is 573 g/mol. The summed E-state index contributed by atoms with van der Waals surface area (Å²) in [6, 6.07) is 10.2. The van der Waals surface area contributed by atoms with Crippen LogP contribution in [-0.2, 0) is 13.0 Å². The van der Waals surface area contributed by atoms with E-state index in [4.69, 9.17) is 37.7 Å². The Hall–Kier alpha value is -2.98. The summed E-state index contributed by atoms with van der Waals surface area (Å²) >= 11 is 13.3. The van der Waals surface area contributed by atoms with Gasteiger partial charge >= 0.3 is 0 Å². The van der Waals surface area contributed by atoms with Crippen LogP contribution in [0.1, 0.15) is 25.1 Å². The fourth-order valence-electron chi connectivity index (χ4n) is 5.17. The first-order chi connectivity index (χ1) is 20.4. The summed E-state index contributed by atoms with van der Waals surface area (Å²) < 4.78 is 10.9. The fourth-order valence-corrected chi connectivity index (χ4v) is 5.91. The van der Waals surface area contributed by atoms with Gasteiger partial charge in [0.2, 0.25) is 5.95 Å². The van der Waals surface area contributed by atoms with E-state index in [1.807, 2.05) is 20.0 Å². The van der Waals surface area contributed by atoms with Gasteiger partial charge in [0.15, 0.2) is 0 Å². The van der Waals surface area contributed by atoms with Crippen LogP contribution in [0, 0.1) is 0 Å². The van der Waals surface area contributed by atoms with E-state index in [2.05, 4.69) is 68.3 Å². The number of nitrogens with zero attached hydrogens (tertiary/aromatic N) is 6. The molecule has 0 unspecified atom stereocenters. The molecule has 1 N–H and O–H groups in total. The summed E-state index contributed by atoms with van der Waals surface area (Å²) in [6.45, 7) is 11.8. The van der Waals surface area contributed by atoms with Crippen LogP contribution >= 0.6 is 23.2 Å². The highest BCUT2D eigenvalue weighted by Crippen LogP contribution is 2.47. The van der Waals surface area contributed by atoms with Crippen LogP contribution in [-0.4, -0.2) is 93.9 Å². The van der Waals surface area contributed by atoms with Crippen molar-refractivity contribution in [3.63, 3.8) is 0 Å². The number of likely N-dealkylation sites (N-methyl/N-ethyl adjacent to an activating group) is 1. The first-order valence-electron chi connectivity index (χ1n) is 14.5. The first kappa shape index (κ1) is 31.9. The number of halogens is 2. The predicted molar refractivity (Wildman–Crippen MR) is 175 cm³/mol. The maximum Gasteiger partial charge on any atom is 0.227 e. The zero-order valence-electron chi connectivity index (χ0n) is 25.6. The number of aromatic nitrogens is 2. The minimum absolute atomic E-state index is 0.464. The average molecular weight is 617 g/mol. The highest BCUT2D eigenvalue weighted by molar-refractivity contribution is 6.41. The third kappa shape index (κ3) is 7.50. The molecule has 2 aromatic carbocycles. The van der Waals surface area contributed by atoms with Gasteiger partial charge in [-0.25, -0.2) is 9.97 Å². The molecule has 0 atom stereocenters. The summed E-state index contributed by atoms with van der Waals surface area (Å²) in [5, 5.41) is 4.29. The van der Waals surface area contributed by atoms with Crippen molar-refractivity contribution < 1.29 is 9.47 Å². The van der Waals surface area contributed by atoms with E-state index in [0.717, 1.165) is 62.6 Å². The molecule has 42 heavy (non-hydrogen) atoms. The molecule has 1 saturated heterocycles. The molecule has 9 nitrogen and oxygen atoms in total. The molecule has 228 valence electrons. The second kappa shape index (κ2) is 15.0. The molecule has 5 rings (SSSR count). The van der Waals surface area contributed by atoms with Crippen LogP contribution in [0.15, 0.2) is 36.5 Å². The topological polar surface area (TPSA) is 69.2 Å². The lowest BCUT2D eigenvalue weighted by molar-refractivity contribution is 0.229. The van der Waals surface area contributed by atoms with Crippen molar-refractivity contribution >= 4 is 46.2 Å². The summed E-state index contributed by atoms with van der Waals surface area (Å²) in [7, 11) is 7.41. The number of methoxy groups -OCH3 is 2. The smallest absolute Gasteiger partial charge is 0.227 e. The molecule has 0 bridgehead atoms. The molecule has 3 aromatic rings. The van der Waals surface area contributed by atoms with E-state index < -0.39 is 0 Å². The average Bonchev–Trinajstić information content (AvgIpc) is 3.02. The van der Waals surface area contributed by atoms with Crippen molar-refractivity contribution in [1.82, 2.24) is 19.8 Å². The Morgan fingerprint density at radius 2 is 1.55 bits per heavy atom. The minimum atomic E-state index is 0.464. The number of nitrogens with one attached hydrogen (secondary N) is 1. The van der Waals surface area contributed by atoms with Crippen molar-refractivity contribution in [2.75, 3.05) is 89.2 Å². The normalized spacial score (nSPS) is 15.2. The Morgan fingerprint density at radius 1 is 0.905 bits per heavy atom. The number of fused-ring (bicyclic) bond motifs is 1. The number of benzene rings is 2. The first-order valence-corrected chi connectivity index (χ1v) is 15.3. The van der Waals surface area contributed by atoms with E-state index in [9.17, 15) is 0 Å². The van der Waals surface area contributed by atoms with Crippen molar-refractivity contribution in [2.45, 2.75) is 26.8 Å². The van der Waals surface area contributed by atoms with E-state index >= 15 is 0 Å². The second-order valence-electron chi connectivity index (χ2n) is 10.4. The van der Waals surface area contributed by atoms with Gasteiger partial charge in [-0.15, -0.1) is 0 Å². The largest absolute Gasteiger partial charge is 0.495 e. The van der Waals surface area contributed by atoms with Crippen LogP contribution in [0.5, 0.6) is 11.5 Å². The molecule has 0 spiro atoms. The summed E-state index contributed by atoms with van der Waals surface area (Å²) in [5.41, 5.74) is 4.96. The SMILES string of the molecule is CC.COc1cc(OC)c(Cl)c(N2CCc3nc(Nc4ccc(N5CCN(CCN(C)C)CC5)cc4)ncc3C2)c1Cl. The maximum atomic E-state index is 6.65. The second-order valence-corrected chi connectivity index (χ2v) is 11.2. The van der Waals surface area contributed by atoms with Gasteiger partial charge in [-0.1, -0.05) is 37.0 Å². The van der Waals surface area contributed by atoms with Crippen LogP contribution in [0.3, 0.4) is 0 Å². The monoisotopic (exact) mass is 615 g/mol. The van der Waals surface area contributed by atoms with Crippen molar-refractivity contribution in [1.29, 1.82) is 0 Å². The van der Waals surface area contributed by atoms with Crippen LogP contribution < -0.4 is 24.6 Å². The maximum absolute atomic E-state index is 6.65. The molecular formula is C31H43Cl2N7O2. The van der Waals surface area contributed by atoms with Gasteiger partial charge < -0.3 is 29.5 Å². The molecule has 11 heteroatoms. The predicted octanol–water partition coefficient (Wildman–Crippen LogP) is 5.82. The van der Waals surface area contributed by atoms with Gasteiger partial charge in [0, 0.05) is 88.0 Å². The molecule has 0 saturated carbocycles. The third-order valence-corrected chi connectivity index (χ3v) is 8.26. The van der Waals surface area contributed by atoms with Crippen LogP contribution in [0.25, 0.3) is 0 Å². The van der Waals surface area contributed by atoms with Crippen molar-refractivity contribution in [3.05, 3.63) is 57.8 Å². The Labute approximate surface area is 260 Å². The number of ether oxygens (including phenoxy) is 2. The standard InChI is InChI=1S/C29H37Cl2N7O2.C2H6/c1-35(2)11-12-36-13-15-37(16-14-36)22-7-5-21(6-8-22)33-29-32-18-20-19-38(10-9-23(20)34-29)28-26(30)24(39-3)17-25(40-4)27(28)31;1-2/h5-8,17-18H,9-16,19H2,1-4H3,(H,32,33,34);1-2H3. The van der Waals surface area contributed by atoms with Gasteiger partial charge in [0.25, 0.3) is 0 Å². The number of rotatable bonds is 9. The van der Waals surface area contributed by atoms with E-state index in [1.165, 1.54) is 5.69 Å². The van der Waals surface area contributed by atoms with Crippen LogP contribution in [0.2, 0.25) is 10.0 Å². The van der Waals surface area contributed by atoms with Gasteiger partial charge in [-0.05, 0) is 38.4 Å². The van der Waals surface area contributed by atoms with Gasteiger partial charge in [0.05, 0.1) is 25.6 Å². The van der Waals surface area contributed by atoms with Gasteiger partial charge in [-0.3, -0.25) is 4.90 Å². The molecule has 0 radical (unpaired) electrons. The zero-order chi connectivity index (χ0) is 30.2. The Balaban J connectivity index is 0.00000198. The molecule has 1 aromatic heterocycles. The fraction of sp³-hybridized carbons (Fsp3) is 0.484. The van der Waals surface area contributed by atoms with Crippen molar-refractivity contribution in [2.24, 2.45) is 0 Å².